The lowest BCUT2D eigenvalue weighted by atomic mass is 10.2. The van der Waals surface area contributed by atoms with E-state index in [1.165, 1.54) is 6.33 Å². The quantitative estimate of drug-likeness (QED) is 0.857. The SMILES string of the molecule is Cc1cc(N)ccc1S(=O)Cc1ncnn1CC(C)C. The molecule has 0 aliphatic carbocycles. The molecule has 2 N–H and O–H groups in total. The van der Waals surface area contributed by atoms with E-state index < -0.39 is 10.8 Å². The molecule has 1 heterocycles. The first-order chi connectivity index (χ1) is 9.47. The average molecular weight is 292 g/mol. The number of aromatic nitrogens is 3. The van der Waals surface area contributed by atoms with Gasteiger partial charge in [0.15, 0.2) is 0 Å². The highest BCUT2D eigenvalue weighted by molar-refractivity contribution is 7.84. The number of hydrogen-bond donors (Lipinski definition) is 1. The van der Waals surface area contributed by atoms with E-state index >= 15 is 0 Å². The van der Waals surface area contributed by atoms with Crippen LogP contribution in [-0.2, 0) is 23.1 Å². The predicted octanol–water partition coefficient (Wildman–Crippen LogP) is 2.13. The molecule has 0 amide bonds. The van der Waals surface area contributed by atoms with Crippen LogP contribution < -0.4 is 5.73 Å². The summed E-state index contributed by atoms with van der Waals surface area (Å²) >= 11 is 0. The van der Waals surface area contributed by atoms with E-state index in [0.717, 1.165) is 22.8 Å². The Bertz CT molecular complexity index is 621. The fourth-order valence-electron chi connectivity index (χ4n) is 2.02. The van der Waals surface area contributed by atoms with Gasteiger partial charge in [0.05, 0.1) is 16.6 Å². The van der Waals surface area contributed by atoms with Crippen molar-refractivity contribution in [1.82, 2.24) is 14.8 Å². The van der Waals surface area contributed by atoms with Gasteiger partial charge in [-0.2, -0.15) is 5.10 Å². The lowest BCUT2D eigenvalue weighted by Crippen LogP contribution is -2.12. The molecule has 0 radical (unpaired) electrons. The third-order valence-corrected chi connectivity index (χ3v) is 4.41. The van der Waals surface area contributed by atoms with E-state index in [-0.39, 0.29) is 0 Å². The van der Waals surface area contributed by atoms with Gasteiger partial charge in [0.25, 0.3) is 0 Å². The van der Waals surface area contributed by atoms with E-state index in [1.807, 2.05) is 23.7 Å². The second-order valence-corrected chi connectivity index (χ2v) is 6.69. The van der Waals surface area contributed by atoms with Crippen LogP contribution >= 0.6 is 0 Å². The summed E-state index contributed by atoms with van der Waals surface area (Å²) in [6.45, 7) is 6.94. The zero-order valence-electron chi connectivity index (χ0n) is 12.0. The highest BCUT2D eigenvalue weighted by Gasteiger charge is 2.13. The molecule has 6 heteroatoms. The van der Waals surface area contributed by atoms with Crippen LogP contribution in [-0.4, -0.2) is 19.0 Å². The van der Waals surface area contributed by atoms with Crippen molar-refractivity contribution in [3.63, 3.8) is 0 Å². The van der Waals surface area contributed by atoms with Crippen LogP contribution in [0.1, 0.15) is 25.2 Å². The minimum Gasteiger partial charge on any atom is -0.399 e. The van der Waals surface area contributed by atoms with Crippen LogP contribution in [0.5, 0.6) is 0 Å². The molecule has 0 aliphatic rings. The van der Waals surface area contributed by atoms with E-state index in [1.54, 1.807) is 6.07 Å². The molecule has 0 aliphatic heterocycles. The standard InChI is InChI=1S/C14H20N4OS/c1-10(2)7-18-14(16-9-17-18)8-20(19)13-5-4-12(15)6-11(13)3/h4-6,9-10H,7-8,15H2,1-3H3. The van der Waals surface area contributed by atoms with Crippen molar-refractivity contribution in [2.24, 2.45) is 5.92 Å². The van der Waals surface area contributed by atoms with Gasteiger partial charge in [0, 0.05) is 17.1 Å². The van der Waals surface area contributed by atoms with Crippen LogP contribution in [0, 0.1) is 12.8 Å². The van der Waals surface area contributed by atoms with Crippen LogP contribution in [0.25, 0.3) is 0 Å². The Kier molecular flexibility index (Phi) is 4.54. The average Bonchev–Trinajstić information content (AvgIpc) is 2.75. The summed E-state index contributed by atoms with van der Waals surface area (Å²) in [5.41, 5.74) is 7.35. The topological polar surface area (TPSA) is 73.8 Å². The minimum absolute atomic E-state index is 0.372. The molecule has 0 spiro atoms. The zero-order valence-corrected chi connectivity index (χ0v) is 12.9. The van der Waals surface area contributed by atoms with E-state index in [2.05, 4.69) is 23.9 Å². The fourth-order valence-corrected chi connectivity index (χ4v) is 3.27. The predicted molar refractivity (Wildman–Crippen MR) is 80.6 cm³/mol. The van der Waals surface area contributed by atoms with E-state index in [0.29, 0.717) is 17.4 Å². The van der Waals surface area contributed by atoms with Crippen molar-refractivity contribution >= 4 is 16.5 Å². The Hall–Kier alpha value is -1.69. The summed E-state index contributed by atoms with van der Waals surface area (Å²) in [7, 11) is -1.14. The lowest BCUT2D eigenvalue weighted by molar-refractivity contribution is 0.471. The maximum absolute atomic E-state index is 12.5. The van der Waals surface area contributed by atoms with E-state index in [4.69, 9.17) is 5.73 Å². The highest BCUT2D eigenvalue weighted by atomic mass is 32.2. The summed E-state index contributed by atoms with van der Waals surface area (Å²) in [6.07, 6.45) is 1.52. The molecule has 1 aromatic carbocycles. The van der Waals surface area contributed by atoms with Gasteiger partial charge in [-0.25, -0.2) is 9.67 Å². The number of anilines is 1. The van der Waals surface area contributed by atoms with Crippen molar-refractivity contribution in [2.75, 3.05) is 5.73 Å². The summed E-state index contributed by atoms with van der Waals surface area (Å²) in [5.74, 6) is 1.60. The van der Waals surface area contributed by atoms with Crippen molar-refractivity contribution in [3.8, 4) is 0 Å². The summed E-state index contributed by atoms with van der Waals surface area (Å²) in [5, 5.41) is 4.19. The molecule has 0 fully saturated rings. The number of nitrogens with two attached hydrogens (primary N) is 1. The molecule has 108 valence electrons. The van der Waals surface area contributed by atoms with Crippen molar-refractivity contribution in [3.05, 3.63) is 35.9 Å². The van der Waals surface area contributed by atoms with Gasteiger partial charge < -0.3 is 5.73 Å². The van der Waals surface area contributed by atoms with Crippen molar-refractivity contribution in [2.45, 2.75) is 38.0 Å². The first-order valence-corrected chi connectivity index (χ1v) is 7.90. The number of rotatable bonds is 5. The Balaban J connectivity index is 2.17. The van der Waals surface area contributed by atoms with Crippen LogP contribution in [0.2, 0.25) is 0 Å². The molecule has 0 saturated carbocycles. The number of aryl methyl sites for hydroxylation is 1. The Labute approximate surface area is 121 Å². The van der Waals surface area contributed by atoms with Crippen molar-refractivity contribution in [1.29, 1.82) is 0 Å². The van der Waals surface area contributed by atoms with Crippen LogP contribution in [0.4, 0.5) is 5.69 Å². The first-order valence-electron chi connectivity index (χ1n) is 6.58. The monoisotopic (exact) mass is 292 g/mol. The van der Waals surface area contributed by atoms with Crippen molar-refractivity contribution < 1.29 is 4.21 Å². The number of nitrogens with zero attached hydrogens (tertiary/aromatic N) is 3. The number of hydrogen-bond acceptors (Lipinski definition) is 4. The largest absolute Gasteiger partial charge is 0.399 e. The molecule has 2 rings (SSSR count). The maximum atomic E-state index is 12.5. The number of benzene rings is 1. The minimum atomic E-state index is -1.14. The van der Waals surface area contributed by atoms with Gasteiger partial charge in [-0.3, -0.25) is 4.21 Å². The third kappa shape index (κ3) is 3.45. The molecule has 5 nitrogen and oxygen atoms in total. The normalized spacial score (nSPS) is 12.8. The highest BCUT2D eigenvalue weighted by Crippen LogP contribution is 2.18. The molecule has 0 saturated heterocycles. The van der Waals surface area contributed by atoms with Gasteiger partial charge >= 0.3 is 0 Å². The zero-order chi connectivity index (χ0) is 14.7. The molecule has 1 unspecified atom stereocenters. The Morgan fingerprint density at radius 2 is 2.15 bits per heavy atom. The smallest absolute Gasteiger partial charge is 0.139 e. The molecular weight excluding hydrogens is 272 g/mol. The maximum Gasteiger partial charge on any atom is 0.139 e. The summed E-state index contributed by atoms with van der Waals surface area (Å²) in [6, 6.07) is 5.44. The second kappa shape index (κ2) is 6.17. The Morgan fingerprint density at radius 3 is 2.80 bits per heavy atom. The molecule has 20 heavy (non-hydrogen) atoms. The van der Waals surface area contributed by atoms with Gasteiger partial charge in [-0.05, 0) is 36.6 Å². The first kappa shape index (κ1) is 14.7. The Morgan fingerprint density at radius 1 is 1.40 bits per heavy atom. The second-order valence-electron chi connectivity index (χ2n) is 5.27. The fraction of sp³-hybridized carbons (Fsp3) is 0.429. The third-order valence-electron chi connectivity index (χ3n) is 2.94. The molecule has 2 aromatic rings. The number of nitrogen functional groups attached to an aromatic ring is 1. The van der Waals surface area contributed by atoms with Gasteiger partial charge in [0.1, 0.15) is 12.2 Å². The molecule has 1 atom stereocenters. The molecule has 0 bridgehead atoms. The van der Waals surface area contributed by atoms with Gasteiger partial charge in [-0.15, -0.1) is 0 Å². The van der Waals surface area contributed by atoms with Crippen LogP contribution in [0.3, 0.4) is 0 Å². The van der Waals surface area contributed by atoms with E-state index in [9.17, 15) is 4.21 Å². The lowest BCUT2D eigenvalue weighted by Gasteiger charge is -2.09. The molecular formula is C14H20N4OS. The molecule has 1 aromatic heterocycles. The van der Waals surface area contributed by atoms with Gasteiger partial charge in [0.2, 0.25) is 0 Å². The van der Waals surface area contributed by atoms with Crippen LogP contribution in [0.15, 0.2) is 29.4 Å². The summed E-state index contributed by atoms with van der Waals surface area (Å²) < 4.78 is 14.3. The summed E-state index contributed by atoms with van der Waals surface area (Å²) in [4.78, 5) is 5.02. The van der Waals surface area contributed by atoms with Gasteiger partial charge in [-0.1, -0.05) is 13.8 Å².